The molecule has 0 aliphatic rings. The standard InChI is InChI=1S/C9H7FO2S.C8H7N.C5H8FN2O2S.CH2Cl2.CH4/c1-2-8-4-3-5-9(6-8)7-13(10,11)12;1-2-7-4-3-5-8(9)6-7;1-5-7(2)3-4-8(5)11(6,9)10;2-1-3;/h1,3-6H,7H2;1,3-6H,9H2;3-4H,1-2H3;1H2;1H4/q;;+1;;. The Hall–Kier alpha value is -3.09. The van der Waals surface area contributed by atoms with E-state index in [9.17, 15) is 24.6 Å². The molecule has 0 spiro atoms. The summed E-state index contributed by atoms with van der Waals surface area (Å²) in [7, 11) is -7.45. The minimum Gasteiger partial charge on any atom is -0.399 e. The van der Waals surface area contributed by atoms with Gasteiger partial charge in [-0.2, -0.15) is 16.8 Å². The van der Waals surface area contributed by atoms with Gasteiger partial charge in [-0.25, -0.2) is 4.57 Å². The number of benzene rings is 2. The fraction of sp³-hybridized carbons (Fsp3) is 0.208. The largest absolute Gasteiger partial charge is 0.480 e. The number of halogens is 4. The summed E-state index contributed by atoms with van der Waals surface area (Å²) in [6, 6.07) is 13.5. The maximum atomic E-state index is 12.3. The van der Waals surface area contributed by atoms with Crippen molar-refractivity contribution in [2.24, 2.45) is 7.05 Å². The van der Waals surface area contributed by atoms with Gasteiger partial charge >= 0.3 is 20.6 Å². The van der Waals surface area contributed by atoms with Crippen LogP contribution < -0.4 is 10.3 Å². The highest BCUT2D eigenvalue weighted by Gasteiger charge is 2.22. The molecule has 0 aliphatic heterocycles. The van der Waals surface area contributed by atoms with E-state index in [2.05, 4.69) is 11.8 Å². The van der Waals surface area contributed by atoms with Gasteiger partial charge in [0, 0.05) is 23.7 Å². The Morgan fingerprint density at radius 2 is 1.49 bits per heavy atom. The number of imidazole rings is 1. The fourth-order valence-electron chi connectivity index (χ4n) is 2.34. The van der Waals surface area contributed by atoms with Crippen LogP contribution in [0.5, 0.6) is 0 Å². The third-order valence-electron chi connectivity index (χ3n) is 3.98. The predicted molar refractivity (Wildman–Crippen MR) is 146 cm³/mol. The number of aromatic nitrogens is 2. The molecule has 0 atom stereocenters. The average Bonchev–Trinajstić information content (AvgIpc) is 3.13. The lowest BCUT2D eigenvalue weighted by molar-refractivity contribution is -0.676. The molecule has 2 aromatic carbocycles. The van der Waals surface area contributed by atoms with Crippen LogP contribution in [0.4, 0.5) is 13.5 Å². The van der Waals surface area contributed by atoms with Crippen LogP contribution in [0.2, 0.25) is 0 Å². The van der Waals surface area contributed by atoms with Gasteiger partial charge in [0.25, 0.3) is 5.82 Å². The minimum absolute atomic E-state index is 0. The number of nitrogen functional groups attached to an aromatic ring is 1. The van der Waals surface area contributed by atoms with Crippen molar-refractivity contribution in [3.05, 3.63) is 83.4 Å². The Morgan fingerprint density at radius 3 is 1.81 bits per heavy atom. The van der Waals surface area contributed by atoms with Crippen molar-refractivity contribution in [2.75, 3.05) is 11.1 Å². The molecule has 0 saturated carbocycles. The van der Waals surface area contributed by atoms with Crippen LogP contribution in [0.1, 0.15) is 29.9 Å². The molecule has 0 aliphatic carbocycles. The van der Waals surface area contributed by atoms with E-state index < -0.39 is 26.4 Å². The number of hydrogen-bond donors (Lipinski definition) is 1. The molecule has 0 bridgehead atoms. The van der Waals surface area contributed by atoms with Crippen LogP contribution in [0, 0.1) is 31.6 Å². The van der Waals surface area contributed by atoms with Gasteiger partial charge in [-0.3, -0.25) is 0 Å². The lowest BCUT2D eigenvalue weighted by Crippen LogP contribution is -2.30. The Labute approximate surface area is 228 Å². The molecule has 3 aromatic rings. The van der Waals surface area contributed by atoms with Crippen LogP contribution >= 0.6 is 23.2 Å². The normalized spacial score (nSPS) is 9.84. The molecule has 202 valence electrons. The molecule has 0 amide bonds. The predicted octanol–water partition coefficient (Wildman–Crippen LogP) is 4.46. The van der Waals surface area contributed by atoms with Gasteiger partial charge in [0.05, 0.1) is 12.4 Å². The van der Waals surface area contributed by atoms with Gasteiger partial charge in [0.1, 0.15) is 18.1 Å². The topological polar surface area (TPSA) is 103 Å². The maximum absolute atomic E-state index is 12.3. The second-order valence-electron chi connectivity index (χ2n) is 6.59. The third kappa shape index (κ3) is 15.6. The van der Waals surface area contributed by atoms with Crippen LogP contribution in [0.25, 0.3) is 0 Å². The second-order valence-corrected chi connectivity index (χ2v) is 9.98. The highest BCUT2D eigenvalue weighted by atomic mass is 35.5. The van der Waals surface area contributed by atoms with E-state index >= 15 is 0 Å². The van der Waals surface area contributed by atoms with Crippen LogP contribution in [0.15, 0.2) is 60.9 Å². The van der Waals surface area contributed by atoms with Crippen molar-refractivity contribution < 1.29 is 29.2 Å². The maximum Gasteiger partial charge on any atom is 0.480 e. The molecule has 37 heavy (non-hydrogen) atoms. The van der Waals surface area contributed by atoms with E-state index in [1.54, 1.807) is 31.3 Å². The fourth-order valence-corrected chi connectivity index (χ4v) is 3.56. The lowest BCUT2D eigenvalue weighted by Gasteiger charge is -1.97. The first-order chi connectivity index (χ1) is 16.7. The molecule has 0 fully saturated rings. The molecule has 0 saturated heterocycles. The number of terminal acetylenes is 2. The quantitative estimate of drug-likeness (QED) is 0.158. The van der Waals surface area contributed by atoms with Crippen molar-refractivity contribution in [3.8, 4) is 24.7 Å². The molecule has 13 heteroatoms. The molecule has 3 rings (SSSR count). The Bertz CT molecular complexity index is 1430. The molecule has 0 unspecified atom stereocenters. The first kappa shape index (κ1) is 36.1. The van der Waals surface area contributed by atoms with Crippen LogP contribution in [-0.4, -0.2) is 26.1 Å². The summed E-state index contributed by atoms with van der Waals surface area (Å²) < 4.78 is 67.9. The molecule has 2 N–H and O–H groups in total. The molecular weight excluding hydrogens is 567 g/mol. The Morgan fingerprint density at radius 1 is 1.00 bits per heavy atom. The summed E-state index contributed by atoms with van der Waals surface area (Å²) in [5.74, 6) is 4.53. The highest BCUT2D eigenvalue weighted by molar-refractivity contribution is 7.85. The van der Waals surface area contributed by atoms with Crippen molar-refractivity contribution in [1.82, 2.24) is 3.97 Å². The summed E-state index contributed by atoms with van der Waals surface area (Å²) >= 11 is 9.53. The lowest BCUT2D eigenvalue weighted by atomic mass is 10.1. The SMILES string of the molecule is C.C#Cc1cccc(CS(=O)(=O)F)c1.C#Cc1cccc(N)c1.Cc1n(S(=O)(=O)F)cc[n+]1C.ClCCl. The summed E-state index contributed by atoms with van der Waals surface area (Å²) in [6.07, 6.45) is 12.8. The summed E-state index contributed by atoms with van der Waals surface area (Å²) in [5.41, 5.74) is 7.88. The molecule has 1 heterocycles. The van der Waals surface area contributed by atoms with Gasteiger partial charge in [0.2, 0.25) is 0 Å². The van der Waals surface area contributed by atoms with Crippen LogP contribution in [0.3, 0.4) is 0 Å². The molecule has 7 nitrogen and oxygen atoms in total. The summed E-state index contributed by atoms with van der Waals surface area (Å²) in [6.45, 7) is 1.51. The highest BCUT2D eigenvalue weighted by Crippen LogP contribution is 2.09. The first-order valence-electron chi connectivity index (χ1n) is 9.59. The summed E-state index contributed by atoms with van der Waals surface area (Å²) in [4.78, 5) is 0. The van der Waals surface area contributed by atoms with Crippen molar-refractivity contribution in [2.45, 2.75) is 20.1 Å². The number of hydrogen-bond acceptors (Lipinski definition) is 5. The van der Waals surface area contributed by atoms with Crippen molar-refractivity contribution in [1.29, 1.82) is 0 Å². The van der Waals surface area contributed by atoms with Crippen molar-refractivity contribution in [3.63, 3.8) is 0 Å². The summed E-state index contributed by atoms with van der Waals surface area (Å²) in [5, 5.41) is 0.194. The number of alkyl halides is 2. The van der Waals surface area contributed by atoms with E-state index in [-0.39, 0.29) is 12.8 Å². The zero-order valence-electron chi connectivity index (χ0n) is 19.3. The average molecular weight is 596 g/mol. The zero-order valence-corrected chi connectivity index (χ0v) is 22.4. The van der Waals surface area contributed by atoms with Gasteiger partial charge in [-0.15, -0.1) is 39.9 Å². The molecule has 1 aromatic heterocycles. The number of rotatable bonds is 3. The molecule has 0 radical (unpaired) electrons. The Balaban J connectivity index is 0. The van der Waals surface area contributed by atoms with Gasteiger partial charge in [-0.05, 0) is 35.9 Å². The number of aryl methyl sites for hydroxylation is 1. The monoisotopic (exact) mass is 594 g/mol. The van der Waals surface area contributed by atoms with Gasteiger partial charge < -0.3 is 5.73 Å². The number of nitrogens with two attached hydrogens (primary N) is 1. The second kappa shape index (κ2) is 17.4. The van der Waals surface area contributed by atoms with E-state index in [1.165, 1.54) is 29.8 Å². The van der Waals surface area contributed by atoms with Crippen LogP contribution in [-0.2, 0) is 33.4 Å². The third-order valence-corrected chi connectivity index (χ3v) is 5.51. The first-order valence-corrected chi connectivity index (χ1v) is 13.5. The van der Waals surface area contributed by atoms with Gasteiger partial charge in [-0.1, -0.05) is 45.3 Å². The van der Waals surface area contributed by atoms with Crippen molar-refractivity contribution >= 4 is 49.5 Å². The number of anilines is 1. The smallest absolute Gasteiger partial charge is 0.399 e. The van der Waals surface area contributed by atoms with E-state index in [1.807, 2.05) is 12.1 Å². The van der Waals surface area contributed by atoms with Gasteiger partial charge in [0.15, 0.2) is 0 Å². The van der Waals surface area contributed by atoms with E-state index in [0.717, 1.165) is 11.8 Å². The van der Waals surface area contributed by atoms with E-state index in [0.29, 0.717) is 26.6 Å². The van der Waals surface area contributed by atoms with E-state index in [4.69, 9.17) is 41.8 Å². The molecular formula is C24H28Cl2F2N3O4S2+. The number of nitrogens with zero attached hydrogens (tertiary/aromatic N) is 2. The minimum atomic E-state index is -4.62. The zero-order chi connectivity index (χ0) is 27.9. The Kier molecular flexibility index (Phi) is 16.9.